The monoisotopic (exact) mass is 335 g/mol. The summed E-state index contributed by atoms with van der Waals surface area (Å²) >= 11 is 0. The zero-order valence-electron chi connectivity index (χ0n) is 11.9. The quantitative estimate of drug-likeness (QED) is 0.712. The molecule has 6 nitrogen and oxygen atoms in total. The summed E-state index contributed by atoms with van der Waals surface area (Å²) in [6, 6.07) is 8.91. The molecular formula is C13H22ClN3O3S. The van der Waals surface area contributed by atoms with E-state index in [2.05, 4.69) is 10.0 Å². The number of nitrogens with one attached hydrogen (secondary N) is 2. The Kier molecular flexibility index (Phi) is 7.05. The summed E-state index contributed by atoms with van der Waals surface area (Å²) in [5, 5.41) is 12.9. The minimum atomic E-state index is -3.61. The Labute approximate surface area is 132 Å². The zero-order chi connectivity index (χ0) is 14.6. The Hall–Kier alpha value is -0.700. The number of rotatable bonds is 5. The maximum Gasteiger partial charge on any atom is 0.279 e. The largest absolute Gasteiger partial charge is 0.391 e. The van der Waals surface area contributed by atoms with Gasteiger partial charge >= 0.3 is 0 Å². The molecular weight excluding hydrogens is 314 g/mol. The lowest BCUT2D eigenvalue weighted by Gasteiger charge is -2.30. The van der Waals surface area contributed by atoms with Crippen molar-refractivity contribution >= 4 is 22.6 Å². The summed E-state index contributed by atoms with van der Waals surface area (Å²) in [6.45, 7) is 1.45. The van der Waals surface area contributed by atoms with Gasteiger partial charge in [-0.2, -0.15) is 17.4 Å². The smallest absolute Gasteiger partial charge is 0.279 e. The van der Waals surface area contributed by atoms with Crippen molar-refractivity contribution in [1.29, 1.82) is 0 Å². The third-order valence-corrected chi connectivity index (χ3v) is 4.95. The van der Waals surface area contributed by atoms with E-state index in [0.29, 0.717) is 26.1 Å². The van der Waals surface area contributed by atoms with Gasteiger partial charge in [0.2, 0.25) is 0 Å². The fraction of sp³-hybridized carbons (Fsp3) is 0.538. The number of aliphatic hydroxyl groups excluding tert-OH is 1. The molecule has 21 heavy (non-hydrogen) atoms. The third kappa shape index (κ3) is 5.21. The molecule has 0 saturated carbocycles. The summed E-state index contributed by atoms with van der Waals surface area (Å²) in [7, 11) is -2.08. The molecule has 3 N–H and O–H groups in total. The van der Waals surface area contributed by atoms with E-state index in [9.17, 15) is 13.5 Å². The summed E-state index contributed by atoms with van der Waals surface area (Å²) in [5.41, 5.74) is 0.919. The van der Waals surface area contributed by atoms with Gasteiger partial charge in [-0.1, -0.05) is 30.3 Å². The molecule has 0 aliphatic carbocycles. The van der Waals surface area contributed by atoms with Gasteiger partial charge in [0.1, 0.15) is 0 Å². The first-order valence-electron chi connectivity index (χ1n) is 6.65. The van der Waals surface area contributed by atoms with Gasteiger partial charge in [0.25, 0.3) is 10.2 Å². The molecule has 8 heteroatoms. The summed E-state index contributed by atoms with van der Waals surface area (Å²) in [5.74, 6) is 0. The molecule has 1 heterocycles. The van der Waals surface area contributed by atoms with E-state index >= 15 is 0 Å². The highest BCUT2D eigenvalue weighted by Gasteiger charge is 2.29. The molecule has 0 radical (unpaired) electrons. The second kappa shape index (κ2) is 8.07. The van der Waals surface area contributed by atoms with Gasteiger partial charge in [-0.3, -0.25) is 0 Å². The molecule has 1 saturated heterocycles. The van der Waals surface area contributed by atoms with Crippen molar-refractivity contribution in [3.63, 3.8) is 0 Å². The average molecular weight is 336 g/mol. The minimum absolute atomic E-state index is 0. The van der Waals surface area contributed by atoms with E-state index in [1.807, 2.05) is 30.3 Å². The van der Waals surface area contributed by atoms with Crippen LogP contribution in [0.15, 0.2) is 30.3 Å². The van der Waals surface area contributed by atoms with Crippen LogP contribution < -0.4 is 10.0 Å². The topological polar surface area (TPSA) is 81.7 Å². The first kappa shape index (κ1) is 18.3. The molecule has 1 aliphatic rings. The van der Waals surface area contributed by atoms with Crippen LogP contribution in [0, 0.1) is 0 Å². The fourth-order valence-electron chi connectivity index (χ4n) is 2.17. The molecule has 0 unspecified atom stereocenters. The van der Waals surface area contributed by atoms with Crippen molar-refractivity contribution in [3.05, 3.63) is 35.9 Å². The van der Waals surface area contributed by atoms with E-state index < -0.39 is 22.4 Å². The van der Waals surface area contributed by atoms with Crippen LogP contribution in [-0.4, -0.2) is 50.1 Å². The van der Waals surface area contributed by atoms with Gasteiger partial charge in [0.05, 0.1) is 12.1 Å². The molecule has 2 rings (SSSR count). The number of halogens is 1. The van der Waals surface area contributed by atoms with Gasteiger partial charge in [-0.05, 0) is 18.5 Å². The van der Waals surface area contributed by atoms with Crippen LogP contribution in [0.4, 0.5) is 0 Å². The first-order valence-corrected chi connectivity index (χ1v) is 8.09. The maximum atomic E-state index is 12.2. The Balaban J connectivity index is 0.00000220. The fourth-order valence-corrected chi connectivity index (χ4v) is 3.29. The Morgan fingerprint density at radius 1 is 1.38 bits per heavy atom. The van der Waals surface area contributed by atoms with Crippen LogP contribution in [-0.2, 0) is 16.8 Å². The van der Waals surface area contributed by atoms with Crippen LogP contribution >= 0.6 is 12.4 Å². The molecule has 1 aromatic rings. The predicted molar refractivity (Wildman–Crippen MR) is 84.5 cm³/mol. The highest BCUT2D eigenvalue weighted by atomic mass is 35.5. The van der Waals surface area contributed by atoms with E-state index in [-0.39, 0.29) is 12.4 Å². The normalized spacial score (nSPS) is 22.8. The minimum Gasteiger partial charge on any atom is -0.391 e. The van der Waals surface area contributed by atoms with E-state index in [0.717, 1.165) is 5.56 Å². The second-order valence-corrected chi connectivity index (χ2v) is 6.84. The van der Waals surface area contributed by atoms with Gasteiger partial charge < -0.3 is 10.4 Å². The number of piperidine rings is 1. The molecule has 1 fully saturated rings. The molecule has 1 aromatic carbocycles. The van der Waals surface area contributed by atoms with E-state index in [1.165, 1.54) is 11.4 Å². The molecule has 1 aliphatic heterocycles. The van der Waals surface area contributed by atoms with E-state index in [1.54, 1.807) is 0 Å². The van der Waals surface area contributed by atoms with Gasteiger partial charge in [0, 0.05) is 20.1 Å². The number of hydrogen-bond acceptors (Lipinski definition) is 4. The summed E-state index contributed by atoms with van der Waals surface area (Å²) < 4.78 is 28.3. The molecule has 0 amide bonds. The molecule has 120 valence electrons. The van der Waals surface area contributed by atoms with Gasteiger partial charge in [0.15, 0.2) is 0 Å². The van der Waals surface area contributed by atoms with Crippen LogP contribution in [0.25, 0.3) is 0 Å². The molecule has 0 spiro atoms. The lowest BCUT2D eigenvalue weighted by Crippen LogP contribution is -2.56. The summed E-state index contributed by atoms with van der Waals surface area (Å²) in [6.07, 6.45) is -0.0913. The number of nitrogens with zero attached hydrogens (tertiary/aromatic N) is 1. The Morgan fingerprint density at radius 2 is 2.05 bits per heavy atom. The first-order chi connectivity index (χ1) is 9.49. The van der Waals surface area contributed by atoms with Crippen molar-refractivity contribution < 1.29 is 13.5 Å². The number of hydrogen-bond donors (Lipinski definition) is 3. The van der Waals surface area contributed by atoms with Crippen LogP contribution in [0.5, 0.6) is 0 Å². The standard InChI is InChI=1S/C13H21N3O3S.ClH/c1-16(10-11-5-3-2-4-6-11)20(18,19)15-12-9-14-8-7-13(12)17;/h2-6,12-15,17H,7-10H2,1H3;1H/t12-,13+;/m0./s1. The highest BCUT2D eigenvalue weighted by Crippen LogP contribution is 2.09. The molecule has 2 atom stereocenters. The Bertz CT molecular complexity index is 527. The van der Waals surface area contributed by atoms with Crippen molar-refractivity contribution in [2.75, 3.05) is 20.1 Å². The van der Waals surface area contributed by atoms with Crippen LogP contribution in [0.2, 0.25) is 0 Å². The van der Waals surface area contributed by atoms with Gasteiger partial charge in [-0.15, -0.1) is 12.4 Å². The molecule has 0 bridgehead atoms. The van der Waals surface area contributed by atoms with Crippen molar-refractivity contribution in [1.82, 2.24) is 14.3 Å². The number of benzene rings is 1. The van der Waals surface area contributed by atoms with Crippen molar-refractivity contribution in [3.8, 4) is 0 Å². The SMILES string of the molecule is CN(Cc1ccccc1)S(=O)(=O)N[C@H]1CNCC[C@H]1O.Cl. The average Bonchev–Trinajstić information content (AvgIpc) is 2.42. The lowest BCUT2D eigenvalue weighted by atomic mass is 10.1. The van der Waals surface area contributed by atoms with Crippen molar-refractivity contribution in [2.24, 2.45) is 0 Å². The summed E-state index contributed by atoms with van der Waals surface area (Å²) in [4.78, 5) is 0. The Morgan fingerprint density at radius 3 is 2.67 bits per heavy atom. The molecule has 0 aromatic heterocycles. The van der Waals surface area contributed by atoms with E-state index in [4.69, 9.17) is 0 Å². The van der Waals surface area contributed by atoms with Crippen LogP contribution in [0.1, 0.15) is 12.0 Å². The van der Waals surface area contributed by atoms with Crippen LogP contribution in [0.3, 0.4) is 0 Å². The maximum absolute atomic E-state index is 12.2. The van der Waals surface area contributed by atoms with Gasteiger partial charge in [-0.25, -0.2) is 0 Å². The highest BCUT2D eigenvalue weighted by molar-refractivity contribution is 7.87. The lowest BCUT2D eigenvalue weighted by molar-refractivity contribution is 0.108. The third-order valence-electron chi connectivity index (χ3n) is 3.40. The zero-order valence-corrected chi connectivity index (χ0v) is 13.5. The predicted octanol–water partition coefficient (Wildman–Crippen LogP) is 0.0974. The van der Waals surface area contributed by atoms with Crippen molar-refractivity contribution in [2.45, 2.75) is 25.1 Å². The second-order valence-electron chi connectivity index (χ2n) is 5.03. The number of aliphatic hydroxyl groups is 1.